The summed E-state index contributed by atoms with van der Waals surface area (Å²) in [5, 5.41) is 6.14. The molecule has 7 heteroatoms. The van der Waals surface area contributed by atoms with Crippen LogP contribution in [0.4, 0.5) is 0 Å². The van der Waals surface area contributed by atoms with E-state index in [-0.39, 0.29) is 36.8 Å². The summed E-state index contributed by atoms with van der Waals surface area (Å²) in [6.07, 6.45) is 2.59. The number of carbonyl (C=O) groups is 1. The van der Waals surface area contributed by atoms with Crippen LogP contribution in [0.2, 0.25) is 0 Å². The van der Waals surface area contributed by atoms with Crippen molar-refractivity contribution in [1.82, 2.24) is 20.6 Å². The summed E-state index contributed by atoms with van der Waals surface area (Å²) in [6, 6.07) is 7.75. The summed E-state index contributed by atoms with van der Waals surface area (Å²) in [5.41, 5.74) is 1.92. The third kappa shape index (κ3) is 4.87. The van der Waals surface area contributed by atoms with Crippen molar-refractivity contribution in [3.05, 3.63) is 30.1 Å². The quantitative estimate of drug-likeness (QED) is 0.754. The van der Waals surface area contributed by atoms with E-state index in [9.17, 15) is 4.79 Å². The van der Waals surface area contributed by atoms with Crippen LogP contribution in [0.5, 0.6) is 0 Å². The molecule has 0 bridgehead atoms. The second kappa shape index (κ2) is 8.36. The Morgan fingerprint density at radius 2 is 2.09 bits per heavy atom. The van der Waals surface area contributed by atoms with Gasteiger partial charge in [-0.3, -0.25) is 4.79 Å². The van der Waals surface area contributed by atoms with E-state index < -0.39 is 0 Å². The van der Waals surface area contributed by atoms with E-state index in [1.165, 1.54) is 12.8 Å². The van der Waals surface area contributed by atoms with Gasteiger partial charge < -0.3 is 15.6 Å². The fraction of sp³-hybridized carbons (Fsp3) is 0.467. The Bertz CT molecular complexity index is 579. The number of hydrogen-bond acceptors (Lipinski definition) is 3. The van der Waals surface area contributed by atoms with Gasteiger partial charge in [-0.1, -0.05) is 12.1 Å². The number of imidazole rings is 1. The van der Waals surface area contributed by atoms with E-state index in [4.69, 9.17) is 0 Å². The molecule has 0 saturated heterocycles. The van der Waals surface area contributed by atoms with Crippen LogP contribution in [0.25, 0.3) is 11.0 Å². The van der Waals surface area contributed by atoms with Crippen molar-refractivity contribution in [2.45, 2.75) is 25.8 Å². The predicted octanol–water partition coefficient (Wildman–Crippen LogP) is 2.58. The summed E-state index contributed by atoms with van der Waals surface area (Å²) in [7, 11) is 0. The Morgan fingerprint density at radius 1 is 1.36 bits per heavy atom. The first-order chi connectivity index (χ1) is 9.72. The lowest BCUT2D eigenvalue weighted by atomic mass is 10.3. The van der Waals surface area contributed by atoms with E-state index in [1.807, 2.05) is 31.2 Å². The molecule has 122 valence electrons. The van der Waals surface area contributed by atoms with Gasteiger partial charge in [-0.25, -0.2) is 4.98 Å². The average molecular weight is 345 g/mol. The van der Waals surface area contributed by atoms with Crippen molar-refractivity contribution in [2.75, 3.05) is 13.1 Å². The molecular formula is C15H22Cl2N4O. The van der Waals surface area contributed by atoms with E-state index in [0.29, 0.717) is 6.54 Å². The summed E-state index contributed by atoms with van der Waals surface area (Å²) in [4.78, 5) is 19.6. The van der Waals surface area contributed by atoms with Crippen molar-refractivity contribution >= 4 is 41.8 Å². The minimum Gasteiger partial charge on any atom is -0.345 e. The molecule has 0 radical (unpaired) electrons. The first-order valence-corrected chi connectivity index (χ1v) is 7.17. The molecule has 0 aliphatic heterocycles. The number of H-pyrrole nitrogens is 1. The number of amides is 1. The van der Waals surface area contributed by atoms with Crippen LogP contribution in [0, 0.1) is 5.92 Å². The molecule has 1 saturated carbocycles. The van der Waals surface area contributed by atoms with Crippen LogP contribution in [-0.2, 0) is 4.79 Å². The molecule has 1 heterocycles. The second-order valence-electron chi connectivity index (χ2n) is 5.50. The molecule has 3 N–H and O–H groups in total. The highest BCUT2D eigenvalue weighted by Gasteiger charge is 2.21. The van der Waals surface area contributed by atoms with Gasteiger partial charge in [-0.05, 0) is 44.4 Å². The molecule has 1 atom stereocenters. The van der Waals surface area contributed by atoms with Crippen LogP contribution in [0.15, 0.2) is 24.3 Å². The number of halogens is 2. The molecule has 1 fully saturated rings. The fourth-order valence-electron chi connectivity index (χ4n) is 2.25. The smallest absolute Gasteiger partial charge is 0.234 e. The number of para-hydroxylation sites is 2. The van der Waals surface area contributed by atoms with Crippen molar-refractivity contribution in [1.29, 1.82) is 0 Å². The third-order valence-electron chi connectivity index (χ3n) is 3.61. The summed E-state index contributed by atoms with van der Waals surface area (Å²) < 4.78 is 0. The normalized spacial score (nSPS) is 14.8. The zero-order chi connectivity index (χ0) is 13.9. The molecule has 1 aromatic heterocycles. The van der Waals surface area contributed by atoms with E-state index in [0.717, 1.165) is 29.3 Å². The molecule has 2 aromatic rings. The SMILES string of the molecule is CC(NC(=O)CNCC1CC1)c1nc2ccccc2[nH]1.Cl.Cl. The fourth-order valence-corrected chi connectivity index (χ4v) is 2.25. The number of carbonyl (C=O) groups excluding carboxylic acids is 1. The number of benzene rings is 1. The Hall–Kier alpha value is -1.30. The zero-order valence-corrected chi connectivity index (χ0v) is 14.1. The number of nitrogens with one attached hydrogen (secondary N) is 3. The lowest BCUT2D eigenvalue weighted by Gasteiger charge is -2.11. The van der Waals surface area contributed by atoms with Crippen LogP contribution in [0.1, 0.15) is 31.6 Å². The van der Waals surface area contributed by atoms with Gasteiger partial charge in [0, 0.05) is 0 Å². The lowest BCUT2D eigenvalue weighted by Crippen LogP contribution is -2.36. The zero-order valence-electron chi connectivity index (χ0n) is 12.5. The molecule has 22 heavy (non-hydrogen) atoms. The highest BCUT2D eigenvalue weighted by Crippen LogP contribution is 2.27. The van der Waals surface area contributed by atoms with Crippen molar-refractivity contribution < 1.29 is 4.79 Å². The van der Waals surface area contributed by atoms with Gasteiger partial charge in [0.1, 0.15) is 5.82 Å². The molecule has 1 aromatic carbocycles. The molecule has 1 aliphatic rings. The molecule has 3 rings (SSSR count). The number of aromatic nitrogens is 2. The van der Waals surface area contributed by atoms with Crippen LogP contribution in [0.3, 0.4) is 0 Å². The summed E-state index contributed by atoms with van der Waals surface area (Å²) in [6.45, 7) is 3.27. The minimum absolute atomic E-state index is 0. The molecule has 5 nitrogen and oxygen atoms in total. The van der Waals surface area contributed by atoms with Crippen molar-refractivity contribution in [3.63, 3.8) is 0 Å². The maximum Gasteiger partial charge on any atom is 0.234 e. The second-order valence-corrected chi connectivity index (χ2v) is 5.50. The van der Waals surface area contributed by atoms with Gasteiger partial charge in [0.15, 0.2) is 0 Å². The molecule has 1 unspecified atom stereocenters. The Morgan fingerprint density at radius 3 is 2.77 bits per heavy atom. The van der Waals surface area contributed by atoms with Gasteiger partial charge in [0.25, 0.3) is 0 Å². The number of fused-ring (bicyclic) bond motifs is 1. The Balaban J connectivity index is 0.00000121. The third-order valence-corrected chi connectivity index (χ3v) is 3.61. The van der Waals surface area contributed by atoms with E-state index in [1.54, 1.807) is 0 Å². The monoisotopic (exact) mass is 344 g/mol. The summed E-state index contributed by atoms with van der Waals surface area (Å²) >= 11 is 0. The number of rotatable bonds is 6. The maximum atomic E-state index is 11.8. The highest BCUT2D eigenvalue weighted by atomic mass is 35.5. The summed E-state index contributed by atoms with van der Waals surface area (Å²) in [5.74, 6) is 1.59. The Kier molecular flexibility index (Phi) is 7.13. The first kappa shape index (κ1) is 18.7. The molecular weight excluding hydrogens is 323 g/mol. The topological polar surface area (TPSA) is 69.8 Å². The van der Waals surface area contributed by atoms with Crippen molar-refractivity contribution in [2.24, 2.45) is 5.92 Å². The molecule has 1 aliphatic carbocycles. The van der Waals surface area contributed by atoms with Crippen molar-refractivity contribution in [3.8, 4) is 0 Å². The Labute approximate surface area is 142 Å². The van der Waals surface area contributed by atoms with Gasteiger partial charge in [-0.2, -0.15) is 0 Å². The van der Waals surface area contributed by atoms with Gasteiger partial charge in [-0.15, -0.1) is 24.8 Å². The minimum atomic E-state index is -0.113. The average Bonchev–Trinajstić information content (AvgIpc) is 3.15. The van der Waals surface area contributed by atoms with Gasteiger partial charge in [0.05, 0.1) is 23.6 Å². The van der Waals surface area contributed by atoms with Crippen LogP contribution >= 0.6 is 24.8 Å². The van der Waals surface area contributed by atoms with Gasteiger partial charge in [0.2, 0.25) is 5.91 Å². The standard InChI is InChI=1S/C15H20N4O.2ClH/c1-10(17-14(20)9-16-8-11-6-7-11)15-18-12-4-2-3-5-13(12)19-15;;/h2-5,10-11,16H,6-9H2,1H3,(H,17,20)(H,18,19);2*1H. The van der Waals surface area contributed by atoms with E-state index in [2.05, 4.69) is 20.6 Å². The number of nitrogens with zero attached hydrogens (tertiary/aromatic N) is 1. The molecule has 0 spiro atoms. The van der Waals surface area contributed by atoms with E-state index >= 15 is 0 Å². The van der Waals surface area contributed by atoms with Crippen LogP contribution < -0.4 is 10.6 Å². The number of aromatic amines is 1. The molecule has 1 amide bonds. The highest BCUT2D eigenvalue weighted by molar-refractivity contribution is 5.85. The van der Waals surface area contributed by atoms with Crippen LogP contribution in [-0.4, -0.2) is 29.0 Å². The number of hydrogen-bond donors (Lipinski definition) is 3. The largest absolute Gasteiger partial charge is 0.345 e. The van der Waals surface area contributed by atoms with Gasteiger partial charge >= 0.3 is 0 Å². The first-order valence-electron chi connectivity index (χ1n) is 7.17. The predicted molar refractivity (Wildman–Crippen MR) is 92.7 cm³/mol. The maximum absolute atomic E-state index is 11.8. The lowest BCUT2D eigenvalue weighted by molar-refractivity contribution is -0.120.